The first kappa shape index (κ1) is 19.4. The Labute approximate surface area is 165 Å². The van der Waals surface area contributed by atoms with Crippen molar-refractivity contribution in [2.24, 2.45) is 5.92 Å². The summed E-state index contributed by atoms with van der Waals surface area (Å²) in [5.41, 5.74) is 1.60. The molecule has 0 bridgehead atoms. The van der Waals surface area contributed by atoms with Crippen LogP contribution in [0.25, 0.3) is 0 Å². The first-order valence-corrected chi connectivity index (χ1v) is 9.74. The summed E-state index contributed by atoms with van der Waals surface area (Å²) in [7, 11) is 0. The third-order valence-electron chi connectivity index (χ3n) is 4.79. The Morgan fingerprint density at radius 2 is 1.70 bits per heavy atom. The number of amides is 2. The maximum atomic E-state index is 13.3. The average Bonchev–Trinajstić information content (AvgIpc) is 3.49. The third kappa shape index (κ3) is 5.10. The molecule has 1 N–H and O–H groups in total. The number of hydrogen-bond donors (Lipinski definition) is 1. The zero-order valence-electron chi connectivity index (χ0n) is 15.7. The Kier molecular flexibility index (Phi) is 6.17. The fraction of sp³-hybridized carbons (Fsp3) is 0.364. The highest BCUT2D eigenvalue weighted by Gasteiger charge is 2.37. The second-order valence-corrected chi connectivity index (χ2v) is 7.82. The van der Waals surface area contributed by atoms with Crippen molar-refractivity contribution >= 4 is 23.4 Å². The molecule has 27 heavy (non-hydrogen) atoms. The van der Waals surface area contributed by atoms with Crippen molar-refractivity contribution in [1.29, 1.82) is 0 Å². The van der Waals surface area contributed by atoms with E-state index in [-0.39, 0.29) is 23.8 Å². The van der Waals surface area contributed by atoms with Gasteiger partial charge in [-0.2, -0.15) is 0 Å². The van der Waals surface area contributed by atoms with Crippen LogP contribution in [0.2, 0.25) is 5.02 Å². The van der Waals surface area contributed by atoms with Crippen LogP contribution in [0.5, 0.6) is 0 Å². The largest absolute Gasteiger partial charge is 0.340 e. The van der Waals surface area contributed by atoms with E-state index >= 15 is 0 Å². The van der Waals surface area contributed by atoms with Crippen molar-refractivity contribution in [1.82, 2.24) is 10.2 Å². The van der Waals surface area contributed by atoms with E-state index in [9.17, 15) is 9.59 Å². The predicted molar refractivity (Wildman–Crippen MR) is 108 cm³/mol. The van der Waals surface area contributed by atoms with E-state index in [1.54, 1.807) is 24.3 Å². The van der Waals surface area contributed by atoms with Crippen LogP contribution in [-0.4, -0.2) is 28.8 Å². The molecule has 2 aromatic carbocycles. The summed E-state index contributed by atoms with van der Waals surface area (Å²) in [5.74, 6) is -0.279. The number of benzene rings is 2. The van der Waals surface area contributed by atoms with Gasteiger partial charge in [0.05, 0.1) is 0 Å². The first-order chi connectivity index (χ1) is 13.0. The van der Waals surface area contributed by atoms with Crippen LogP contribution in [0.15, 0.2) is 54.6 Å². The van der Waals surface area contributed by atoms with Crippen molar-refractivity contribution in [3.05, 3.63) is 70.7 Å². The van der Waals surface area contributed by atoms with Crippen LogP contribution in [0, 0.1) is 5.92 Å². The lowest BCUT2D eigenvalue weighted by Gasteiger charge is -2.30. The molecule has 0 radical (unpaired) electrons. The second kappa shape index (κ2) is 8.57. The standard InChI is InChI=1S/C22H25ClN2O2/c1-15(2)20(24-21(26)17-8-10-18(23)11-9-17)22(27)25(19-12-13-19)14-16-6-4-3-5-7-16/h3-11,15,19-20H,12-14H2,1-2H3,(H,24,26). The number of nitrogens with zero attached hydrogens (tertiary/aromatic N) is 1. The van der Waals surface area contributed by atoms with Crippen molar-refractivity contribution in [2.75, 3.05) is 0 Å². The molecular weight excluding hydrogens is 360 g/mol. The van der Waals surface area contributed by atoms with Gasteiger partial charge in [0.2, 0.25) is 5.91 Å². The van der Waals surface area contributed by atoms with Crippen LogP contribution in [0.1, 0.15) is 42.6 Å². The zero-order chi connectivity index (χ0) is 19.4. The monoisotopic (exact) mass is 384 g/mol. The molecular formula is C22H25ClN2O2. The fourth-order valence-corrected chi connectivity index (χ4v) is 3.20. The van der Waals surface area contributed by atoms with Crippen LogP contribution in [-0.2, 0) is 11.3 Å². The number of nitrogens with one attached hydrogen (secondary N) is 1. The summed E-state index contributed by atoms with van der Waals surface area (Å²) >= 11 is 5.89. The Balaban J connectivity index is 1.74. The molecule has 1 saturated carbocycles. The SMILES string of the molecule is CC(C)C(NC(=O)c1ccc(Cl)cc1)C(=O)N(Cc1ccccc1)C1CC1. The van der Waals surface area contributed by atoms with Crippen LogP contribution in [0.4, 0.5) is 0 Å². The van der Waals surface area contributed by atoms with Gasteiger partial charge in [0.1, 0.15) is 6.04 Å². The Hall–Kier alpha value is -2.33. The summed E-state index contributed by atoms with van der Waals surface area (Å²) in [5, 5.41) is 3.50. The Bertz CT molecular complexity index is 786. The quantitative estimate of drug-likeness (QED) is 0.774. The Morgan fingerprint density at radius 3 is 2.26 bits per heavy atom. The van der Waals surface area contributed by atoms with Gasteiger partial charge in [0, 0.05) is 23.2 Å². The highest BCUT2D eigenvalue weighted by atomic mass is 35.5. The van der Waals surface area contributed by atoms with E-state index in [4.69, 9.17) is 11.6 Å². The van der Waals surface area contributed by atoms with Gasteiger partial charge >= 0.3 is 0 Å². The number of halogens is 1. The third-order valence-corrected chi connectivity index (χ3v) is 5.04. The highest BCUT2D eigenvalue weighted by Crippen LogP contribution is 2.29. The molecule has 2 aromatic rings. The lowest BCUT2D eigenvalue weighted by atomic mass is 10.0. The van der Waals surface area contributed by atoms with Crippen LogP contribution < -0.4 is 5.32 Å². The molecule has 1 unspecified atom stereocenters. The van der Waals surface area contributed by atoms with Gasteiger partial charge in [-0.1, -0.05) is 55.8 Å². The minimum absolute atomic E-state index is 0.00854. The summed E-state index contributed by atoms with van der Waals surface area (Å²) in [6.07, 6.45) is 2.04. The molecule has 0 spiro atoms. The molecule has 1 atom stereocenters. The number of hydrogen-bond acceptors (Lipinski definition) is 2. The molecule has 0 aliphatic heterocycles. The number of carbonyl (C=O) groups excluding carboxylic acids is 2. The van der Waals surface area contributed by atoms with E-state index in [1.807, 2.05) is 49.1 Å². The summed E-state index contributed by atoms with van der Waals surface area (Å²) < 4.78 is 0. The van der Waals surface area contributed by atoms with Crippen LogP contribution >= 0.6 is 11.6 Å². The van der Waals surface area contributed by atoms with E-state index in [0.29, 0.717) is 17.1 Å². The maximum Gasteiger partial charge on any atom is 0.251 e. The average molecular weight is 385 g/mol. The molecule has 1 fully saturated rings. The van der Waals surface area contributed by atoms with Crippen molar-refractivity contribution in [2.45, 2.75) is 45.3 Å². The molecule has 0 heterocycles. The normalized spacial score (nSPS) is 14.7. The van der Waals surface area contributed by atoms with Gasteiger partial charge in [-0.05, 0) is 48.6 Å². The fourth-order valence-electron chi connectivity index (χ4n) is 3.07. The molecule has 0 aromatic heterocycles. The van der Waals surface area contributed by atoms with Gasteiger partial charge < -0.3 is 10.2 Å². The predicted octanol–water partition coefficient (Wildman–Crippen LogP) is 4.29. The van der Waals surface area contributed by atoms with E-state index in [1.165, 1.54) is 0 Å². The summed E-state index contributed by atoms with van der Waals surface area (Å²) in [6.45, 7) is 4.49. The number of carbonyl (C=O) groups is 2. The molecule has 1 aliphatic rings. The molecule has 3 rings (SSSR count). The number of rotatable bonds is 7. The van der Waals surface area contributed by atoms with E-state index in [2.05, 4.69) is 5.32 Å². The maximum absolute atomic E-state index is 13.3. The second-order valence-electron chi connectivity index (χ2n) is 7.38. The minimum atomic E-state index is -0.558. The topological polar surface area (TPSA) is 49.4 Å². The first-order valence-electron chi connectivity index (χ1n) is 9.36. The van der Waals surface area contributed by atoms with Gasteiger partial charge in [-0.15, -0.1) is 0 Å². The minimum Gasteiger partial charge on any atom is -0.340 e. The van der Waals surface area contributed by atoms with E-state index in [0.717, 1.165) is 18.4 Å². The van der Waals surface area contributed by atoms with Crippen molar-refractivity contribution in [3.8, 4) is 0 Å². The molecule has 5 heteroatoms. The van der Waals surface area contributed by atoms with Crippen LogP contribution in [0.3, 0.4) is 0 Å². The molecule has 142 valence electrons. The summed E-state index contributed by atoms with van der Waals surface area (Å²) in [6, 6.07) is 16.4. The molecule has 1 aliphatic carbocycles. The van der Waals surface area contributed by atoms with Crippen molar-refractivity contribution < 1.29 is 9.59 Å². The van der Waals surface area contributed by atoms with Crippen molar-refractivity contribution in [3.63, 3.8) is 0 Å². The van der Waals surface area contributed by atoms with Gasteiger partial charge in [0.25, 0.3) is 5.91 Å². The van der Waals surface area contributed by atoms with Gasteiger partial charge in [-0.25, -0.2) is 0 Å². The zero-order valence-corrected chi connectivity index (χ0v) is 16.4. The van der Waals surface area contributed by atoms with E-state index < -0.39 is 6.04 Å². The lowest BCUT2D eigenvalue weighted by molar-refractivity contribution is -0.135. The molecule has 4 nitrogen and oxygen atoms in total. The molecule has 0 saturated heterocycles. The smallest absolute Gasteiger partial charge is 0.251 e. The van der Waals surface area contributed by atoms with Gasteiger partial charge in [0.15, 0.2) is 0 Å². The Morgan fingerprint density at radius 1 is 1.07 bits per heavy atom. The summed E-state index contributed by atoms with van der Waals surface area (Å²) in [4.78, 5) is 27.8. The molecule has 2 amide bonds. The lowest BCUT2D eigenvalue weighted by Crippen LogP contribution is -2.51. The highest BCUT2D eigenvalue weighted by molar-refractivity contribution is 6.30. The van der Waals surface area contributed by atoms with Gasteiger partial charge in [-0.3, -0.25) is 9.59 Å².